The molecule has 15 heteroatoms. The molecule has 0 bridgehead atoms. The van der Waals surface area contributed by atoms with Gasteiger partial charge in [-0.15, -0.1) is 0 Å². The van der Waals surface area contributed by atoms with Gasteiger partial charge in [-0.05, 0) is 37.5 Å². The molecule has 4 N–H and O–H groups in total. The number of rotatable bonds is 13. The van der Waals surface area contributed by atoms with Crippen molar-refractivity contribution >= 4 is 46.6 Å². The Labute approximate surface area is 318 Å². The van der Waals surface area contributed by atoms with Crippen LogP contribution in [-0.4, -0.2) is 83.5 Å². The first-order valence-electron chi connectivity index (χ1n) is 17.5. The second kappa shape index (κ2) is 17.3. The Morgan fingerprint density at radius 1 is 0.962 bits per heavy atom. The Hall–Kier alpha value is -4.82. The second-order valence-electron chi connectivity index (χ2n) is 13.0. The van der Waals surface area contributed by atoms with Crippen LogP contribution < -0.4 is 30.7 Å². The van der Waals surface area contributed by atoms with Crippen LogP contribution in [-0.2, 0) is 22.7 Å². The van der Waals surface area contributed by atoms with Gasteiger partial charge in [-0.25, -0.2) is 4.98 Å². The number of piperidine rings is 1. The van der Waals surface area contributed by atoms with Crippen molar-refractivity contribution in [2.75, 3.05) is 39.2 Å². The number of likely N-dealkylation sites (tertiary alicyclic amines) is 1. The van der Waals surface area contributed by atoms with Crippen molar-refractivity contribution in [2.45, 2.75) is 57.8 Å². The molecule has 6 rings (SSSR count). The summed E-state index contributed by atoms with van der Waals surface area (Å²) in [7, 11) is 3.11. The zero-order chi connectivity index (χ0) is 37.5. The fourth-order valence-corrected chi connectivity index (χ4v) is 7.11. The lowest BCUT2D eigenvalue weighted by Gasteiger charge is -2.31. The third kappa shape index (κ3) is 9.05. The maximum absolute atomic E-state index is 13.4. The lowest BCUT2D eigenvalue weighted by Crippen LogP contribution is -2.44. The molecule has 2 aliphatic rings. The number of ether oxygens (including phenoxy) is 2. The van der Waals surface area contributed by atoms with Gasteiger partial charge in [0.05, 0.1) is 41.3 Å². The summed E-state index contributed by atoms with van der Waals surface area (Å²) in [6.45, 7) is 4.72. The number of benzene rings is 1. The molecule has 0 spiro atoms. The van der Waals surface area contributed by atoms with Crippen molar-refractivity contribution in [1.82, 2.24) is 35.8 Å². The summed E-state index contributed by atoms with van der Waals surface area (Å²) in [6, 6.07) is 12.8. The summed E-state index contributed by atoms with van der Waals surface area (Å²) in [5, 5.41) is 13.3. The number of methoxy groups -OCH3 is 2. The van der Waals surface area contributed by atoms with Gasteiger partial charge >= 0.3 is 0 Å². The summed E-state index contributed by atoms with van der Waals surface area (Å²) < 4.78 is 11.2. The van der Waals surface area contributed by atoms with Crippen LogP contribution in [0.25, 0.3) is 22.5 Å². The number of carbonyl (C=O) groups is 3. The van der Waals surface area contributed by atoms with E-state index in [-0.39, 0.29) is 34.6 Å². The molecular weight excluding hydrogens is 719 g/mol. The van der Waals surface area contributed by atoms with Crippen molar-refractivity contribution in [3.05, 3.63) is 81.7 Å². The summed E-state index contributed by atoms with van der Waals surface area (Å²) in [6.07, 6.45) is 6.34. The number of halogens is 2. The fourth-order valence-electron chi connectivity index (χ4n) is 6.53. The van der Waals surface area contributed by atoms with Gasteiger partial charge in [-0.2, -0.15) is 0 Å². The van der Waals surface area contributed by atoms with Gasteiger partial charge in [-0.1, -0.05) is 41.4 Å². The Balaban J connectivity index is 1.13. The van der Waals surface area contributed by atoms with E-state index in [1.807, 2.05) is 17.0 Å². The molecule has 0 aliphatic carbocycles. The highest BCUT2D eigenvalue weighted by atomic mass is 35.5. The van der Waals surface area contributed by atoms with E-state index in [1.165, 1.54) is 0 Å². The van der Waals surface area contributed by atoms with E-state index < -0.39 is 5.91 Å². The van der Waals surface area contributed by atoms with Gasteiger partial charge in [0.2, 0.25) is 17.7 Å². The second-order valence-corrected chi connectivity index (χ2v) is 13.7. The van der Waals surface area contributed by atoms with Crippen LogP contribution in [0.5, 0.6) is 11.6 Å². The Morgan fingerprint density at radius 3 is 2.49 bits per heavy atom. The van der Waals surface area contributed by atoms with Crippen LogP contribution in [0.1, 0.15) is 54.2 Å². The molecule has 5 heterocycles. The molecule has 278 valence electrons. The number of hydrogen-bond acceptors (Lipinski definition) is 10. The Kier molecular flexibility index (Phi) is 12.4. The van der Waals surface area contributed by atoms with Crippen molar-refractivity contribution in [3.8, 4) is 34.1 Å². The van der Waals surface area contributed by atoms with Gasteiger partial charge in [-0.3, -0.25) is 24.4 Å². The molecule has 0 radical (unpaired) electrons. The SMILES string of the molecule is COc1cc(C(=O)Nc2cccc(-c3nccc(-c4ccc(CNCC5CCC(=O)N5)c(OC)n4)c3Cl)c2Cl)ncc1CNC1CCN(C(C)=O)CC1. The quantitative estimate of drug-likeness (QED) is 0.142. The molecule has 53 heavy (non-hydrogen) atoms. The van der Waals surface area contributed by atoms with Crippen LogP contribution in [0.2, 0.25) is 10.0 Å². The summed E-state index contributed by atoms with van der Waals surface area (Å²) in [5.74, 6) is 0.686. The van der Waals surface area contributed by atoms with E-state index in [1.54, 1.807) is 63.9 Å². The van der Waals surface area contributed by atoms with E-state index >= 15 is 0 Å². The van der Waals surface area contributed by atoms with Gasteiger partial charge in [0.15, 0.2) is 0 Å². The minimum Gasteiger partial charge on any atom is -0.496 e. The van der Waals surface area contributed by atoms with Crippen molar-refractivity contribution in [2.24, 2.45) is 0 Å². The molecular formula is C38H42Cl2N8O5. The number of aromatic nitrogens is 3. The van der Waals surface area contributed by atoms with Crippen molar-refractivity contribution in [1.29, 1.82) is 0 Å². The normalized spacial score (nSPS) is 16.0. The van der Waals surface area contributed by atoms with Crippen LogP contribution >= 0.6 is 23.2 Å². The van der Waals surface area contributed by atoms with E-state index in [2.05, 4.69) is 31.2 Å². The zero-order valence-electron chi connectivity index (χ0n) is 29.8. The molecule has 4 aromatic rings. The topological polar surface area (TPSA) is 160 Å². The first kappa shape index (κ1) is 37.9. The molecule has 1 unspecified atom stereocenters. The summed E-state index contributed by atoms with van der Waals surface area (Å²) in [5.41, 5.74) is 4.33. The van der Waals surface area contributed by atoms with Crippen molar-refractivity contribution < 1.29 is 23.9 Å². The molecule has 1 aromatic carbocycles. The monoisotopic (exact) mass is 760 g/mol. The average Bonchev–Trinajstić information content (AvgIpc) is 3.59. The summed E-state index contributed by atoms with van der Waals surface area (Å²) >= 11 is 13.9. The predicted octanol–water partition coefficient (Wildman–Crippen LogP) is 5.25. The van der Waals surface area contributed by atoms with Crippen LogP contribution in [0.15, 0.2) is 54.9 Å². The number of amides is 3. The maximum atomic E-state index is 13.4. The van der Waals surface area contributed by atoms with E-state index in [0.717, 1.165) is 43.5 Å². The third-order valence-corrected chi connectivity index (χ3v) is 10.3. The Bertz CT molecular complexity index is 1990. The smallest absolute Gasteiger partial charge is 0.274 e. The number of nitrogens with one attached hydrogen (secondary N) is 4. The number of carbonyl (C=O) groups excluding carboxylic acids is 3. The molecule has 3 aromatic heterocycles. The van der Waals surface area contributed by atoms with Crippen LogP contribution in [0.3, 0.4) is 0 Å². The number of hydrogen-bond donors (Lipinski definition) is 4. The molecule has 2 fully saturated rings. The van der Waals surface area contributed by atoms with E-state index in [0.29, 0.717) is 70.9 Å². The first-order chi connectivity index (χ1) is 25.6. The maximum Gasteiger partial charge on any atom is 0.274 e. The predicted molar refractivity (Wildman–Crippen MR) is 203 cm³/mol. The lowest BCUT2D eigenvalue weighted by molar-refractivity contribution is -0.130. The number of anilines is 1. The zero-order valence-corrected chi connectivity index (χ0v) is 31.3. The van der Waals surface area contributed by atoms with Crippen LogP contribution in [0, 0.1) is 0 Å². The molecule has 0 saturated carbocycles. The highest BCUT2D eigenvalue weighted by molar-refractivity contribution is 6.39. The Morgan fingerprint density at radius 2 is 1.77 bits per heavy atom. The van der Waals surface area contributed by atoms with Gasteiger partial charge in [0, 0.05) is 98.9 Å². The molecule has 2 aliphatic heterocycles. The lowest BCUT2D eigenvalue weighted by atomic mass is 10.0. The molecule has 3 amide bonds. The minimum absolute atomic E-state index is 0.0798. The first-order valence-corrected chi connectivity index (χ1v) is 18.2. The fraction of sp³-hybridized carbons (Fsp3) is 0.368. The number of pyridine rings is 3. The molecule has 13 nitrogen and oxygen atoms in total. The molecule has 1 atom stereocenters. The van der Waals surface area contributed by atoms with Gasteiger partial charge < -0.3 is 35.6 Å². The minimum atomic E-state index is -0.467. The number of nitrogens with zero attached hydrogens (tertiary/aromatic N) is 4. The molecule has 2 saturated heterocycles. The van der Waals surface area contributed by atoms with Gasteiger partial charge in [0.25, 0.3) is 5.91 Å². The highest BCUT2D eigenvalue weighted by Gasteiger charge is 2.23. The van der Waals surface area contributed by atoms with E-state index in [9.17, 15) is 14.4 Å². The van der Waals surface area contributed by atoms with Gasteiger partial charge in [0.1, 0.15) is 11.4 Å². The average molecular weight is 762 g/mol. The highest BCUT2D eigenvalue weighted by Crippen LogP contribution is 2.40. The summed E-state index contributed by atoms with van der Waals surface area (Å²) in [4.78, 5) is 52.1. The van der Waals surface area contributed by atoms with Crippen molar-refractivity contribution in [3.63, 3.8) is 0 Å². The standard InChI is InChI=1S/C38H42Cl2N8O5/c1-22(49)48-15-12-25(13-16-48)43-19-24-20-44-31(17-32(24)52-2)37(51)46-30-6-4-5-28(34(30)39)36-35(40)27(11-14-42-36)29-9-7-23(38(47-29)53-3)18-41-21-26-8-10-33(50)45-26/h4-7,9,11,14,17,20,25-26,41,43H,8,10,12-13,15-16,18-19,21H2,1-3H3,(H,45,50)(H,46,51). The van der Waals surface area contributed by atoms with E-state index in [4.69, 9.17) is 37.7 Å². The van der Waals surface area contributed by atoms with Crippen LogP contribution in [0.4, 0.5) is 5.69 Å². The third-order valence-electron chi connectivity index (χ3n) is 9.51. The largest absolute Gasteiger partial charge is 0.496 e.